The molecule has 0 saturated carbocycles. The molecule has 1 aliphatic rings. The van der Waals surface area contributed by atoms with Gasteiger partial charge in [-0.2, -0.15) is 0 Å². The van der Waals surface area contributed by atoms with Crippen LogP contribution in [0.5, 0.6) is 0 Å². The maximum absolute atomic E-state index is 13.0. The highest BCUT2D eigenvalue weighted by molar-refractivity contribution is 9.10. The van der Waals surface area contributed by atoms with Crippen molar-refractivity contribution in [1.82, 2.24) is 4.90 Å². The number of hydrogen-bond acceptors (Lipinski definition) is 3. The van der Waals surface area contributed by atoms with Crippen LogP contribution < -0.4 is 0 Å². The molecular weight excluding hydrogens is 368 g/mol. The van der Waals surface area contributed by atoms with E-state index in [4.69, 9.17) is 0 Å². The number of alkyl halides is 2. The quantitative estimate of drug-likeness (QED) is 0.807. The molecule has 0 radical (unpaired) electrons. The van der Waals surface area contributed by atoms with Gasteiger partial charge in [0.1, 0.15) is 5.75 Å². The summed E-state index contributed by atoms with van der Waals surface area (Å²) >= 11 is 3.20. The molecule has 0 bridgehead atoms. The molecule has 116 valence electrons. The van der Waals surface area contributed by atoms with Crippen LogP contribution in [-0.4, -0.2) is 44.0 Å². The smallest absolute Gasteiger partial charge is 0.251 e. The number of sulfone groups is 1. The van der Waals surface area contributed by atoms with Gasteiger partial charge < -0.3 is 4.90 Å². The summed E-state index contributed by atoms with van der Waals surface area (Å²) in [6.07, 6.45) is -0.839. The van der Waals surface area contributed by atoms with Crippen molar-refractivity contribution in [3.05, 3.63) is 28.7 Å². The first-order valence-electron chi connectivity index (χ1n) is 6.34. The van der Waals surface area contributed by atoms with Crippen LogP contribution in [0.1, 0.15) is 12.8 Å². The monoisotopic (exact) mass is 381 g/mol. The van der Waals surface area contributed by atoms with Gasteiger partial charge in [0.25, 0.3) is 5.92 Å². The lowest BCUT2D eigenvalue weighted by atomic mass is 10.1. The Morgan fingerprint density at radius 1 is 1.19 bits per heavy atom. The van der Waals surface area contributed by atoms with Crippen LogP contribution in [0.25, 0.3) is 0 Å². The summed E-state index contributed by atoms with van der Waals surface area (Å²) in [4.78, 5) is 13.2. The molecule has 1 aromatic rings. The van der Waals surface area contributed by atoms with Crippen LogP contribution in [0, 0.1) is 0 Å². The van der Waals surface area contributed by atoms with E-state index in [9.17, 15) is 22.0 Å². The molecule has 0 aliphatic carbocycles. The molecule has 1 aliphatic heterocycles. The van der Waals surface area contributed by atoms with E-state index in [1.54, 1.807) is 12.1 Å². The zero-order chi connectivity index (χ0) is 15.7. The van der Waals surface area contributed by atoms with Gasteiger partial charge in [0, 0.05) is 30.4 Å². The SMILES string of the molecule is O=C(CS(=O)(=O)c1ccc(Br)cc1)N1CCC(F)(F)CC1. The lowest BCUT2D eigenvalue weighted by Crippen LogP contribution is -2.44. The molecule has 0 unspecified atom stereocenters. The maximum atomic E-state index is 13.0. The largest absolute Gasteiger partial charge is 0.341 e. The Balaban J connectivity index is 2.04. The van der Waals surface area contributed by atoms with Crippen LogP contribution >= 0.6 is 15.9 Å². The van der Waals surface area contributed by atoms with Crippen LogP contribution in [0.2, 0.25) is 0 Å². The molecule has 0 aromatic heterocycles. The summed E-state index contributed by atoms with van der Waals surface area (Å²) in [5.74, 6) is -4.09. The first kappa shape index (κ1) is 16.4. The average molecular weight is 382 g/mol. The highest BCUT2D eigenvalue weighted by Gasteiger charge is 2.36. The van der Waals surface area contributed by atoms with Crippen molar-refractivity contribution in [2.24, 2.45) is 0 Å². The molecular formula is C13H14BrF2NO3S. The Morgan fingerprint density at radius 3 is 2.24 bits per heavy atom. The Kier molecular flexibility index (Phi) is 4.67. The first-order chi connectivity index (χ1) is 9.70. The molecule has 1 fully saturated rings. The Hall–Kier alpha value is -1.02. The number of piperidine rings is 1. The molecule has 2 rings (SSSR count). The fourth-order valence-electron chi connectivity index (χ4n) is 2.06. The van der Waals surface area contributed by atoms with Crippen LogP contribution in [0.15, 0.2) is 33.6 Å². The van der Waals surface area contributed by atoms with E-state index >= 15 is 0 Å². The summed E-state index contributed by atoms with van der Waals surface area (Å²) < 4.78 is 51.0. The van der Waals surface area contributed by atoms with E-state index < -0.39 is 40.3 Å². The van der Waals surface area contributed by atoms with Crippen molar-refractivity contribution in [2.75, 3.05) is 18.8 Å². The Labute approximate surface area is 130 Å². The second-order valence-corrected chi connectivity index (χ2v) is 7.85. The molecule has 1 aromatic carbocycles. The van der Waals surface area contributed by atoms with Gasteiger partial charge in [-0.1, -0.05) is 15.9 Å². The van der Waals surface area contributed by atoms with E-state index in [2.05, 4.69) is 15.9 Å². The third kappa shape index (κ3) is 4.23. The van der Waals surface area contributed by atoms with Gasteiger partial charge >= 0.3 is 0 Å². The zero-order valence-electron chi connectivity index (χ0n) is 11.1. The van der Waals surface area contributed by atoms with E-state index in [-0.39, 0.29) is 18.0 Å². The molecule has 1 saturated heterocycles. The molecule has 1 heterocycles. The van der Waals surface area contributed by atoms with E-state index in [1.165, 1.54) is 17.0 Å². The molecule has 0 atom stereocenters. The molecule has 0 N–H and O–H groups in total. The van der Waals surface area contributed by atoms with Crippen LogP contribution in [-0.2, 0) is 14.6 Å². The number of likely N-dealkylation sites (tertiary alicyclic amines) is 1. The van der Waals surface area contributed by atoms with E-state index in [1.807, 2.05) is 0 Å². The van der Waals surface area contributed by atoms with Crippen molar-refractivity contribution in [2.45, 2.75) is 23.7 Å². The standard InChI is InChI=1S/C13H14BrF2NO3S/c14-10-1-3-11(4-2-10)21(19,20)9-12(18)17-7-5-13(15,16)6-8-17/h1-4H,5-9H2. The number of hydrogen-bond donors (Lipinski definition) is 0. The van der Waals surface area contributed by atoms with Gasteiger partial charge in [-0.15, -0.1) is 0 Å². The van der Waals surface area contributed by atoms with Gasteiger partial charge in [0.2, 0.25) is 5.91 Å². The second-order valence-electron chi connectivity index (χ2n) is 4.95. The lowest BCUT2D eigenvalue weighted by Gasteiger charge is -2.31. The van der Waals surface area contributed by atoms with Crippen LogP contribution in [0.3, 0.4) is 0 Å². The molecule has 4 nitrogen and oxygen atoms in total. The number of amides is 1. The van der Waals surface area contributed by atoms with Crippen molar-refractivity contribution in [3.63, 3.8) is 0 Å². The number of halogens is 3. The zero-order valence-corrected chi connectivity index (χ0v) is 13.5. The minimum atomic E-state index is -3.75. The Morgan fingerprint density at radius 2 is 1.71 bits per heavy atom. The maximum Gasteiger partial charge on any atom is 0.251 e. The number of carbonyl (C=O) groups is 1. The molecule has 1 amide bonds. The van der Waals surface area contributed by atoms with Crippen molar-refractivity contribution >= 4 is 31.7 Å². The molecule has 21 heavy (non-hydrogen) atoms. The first-order valence-corrected chi connectivity index (χ1v) is 8.78. The van der Waals surface area contributed by atoms with Crippen molar-refractivity contribution < 1.29 is 22.0 Å². The fourth-order valence-corrected chi connectivity index (χ4v) is 3.55. The number of carbonyl (C=O) groups excluding carboxylic acids is 1. The topological polar surface area (TPSA) is 54.5 Å². The minimum Gasteiger partial charge on any atom is -0.341 e. The van der Waals surface area contributed by atoms with Crippen molar-refractivity contribution in [1.29, 1.82) is 0 Å². The molecule has 8 heteroatoms. The third-order valence-electron chi connectivity index (χ3n) is 3.33. The highest BCUT2D eigenvalue weighted by Crippen LogP contribution is 2.28. The normalized spacial score (nSPS) is 18.5. The van der Waals surface area contributed by atoms with Gasteiger partial charge in [0.15, 0.2) is 9.84 Å². The van der Waals surface area contributed by atoms with E-state index in [0.717, 1.165) is 4.47 Å². The summed E-state index contributed by atoms with van der Waals surface area (Å²) in [7, 11) is -3.75. The van der Waals surface area contributed by atoms with Crippen LogP contribution in [0.4, 0.5) is 8.78 Å². The predicted octanol–water partition coefficient (Wildman–Crippen LogP) is 2.48. The molecule has 0 spiro atoms. The van der Waals surface area contributed by atoms with Gasteiger partial charge in [-0.05, 0) is 24.3 Å². The van der Waals surface area contributed by atoms with Gasteiger partial charge in [0.05, 0.1) is 4.90 Å². The average Bonchev–Trinajstić information content (AvgIpc) is 2.38. The number of rotatable bonds is 3. The van der Waals surface area contributed by atoms with Gasteiger partial charge in [-0.3, -0.25) is 4.79 Å². The van der Waals surface area contributed by atoms with Crippen molar-refractivity contribution in [3.8, 4) is 0 Å². The van der Waals surface area contributed by atoms with Gasteiger partial charge in [-0.25, -0.2) is 17.2 Å². The summed E-state index contributed by atoms with van der Waals surface area (Å²) in [6.45, 7) is -0.219. The lowest BCUT2D eigenvalue weighted by molar-refractivity contribution is -0.134. The predicted molar refractivity (Wildman–Crippen MR) is 77.0 cm³/mol. The number of benzene rings is 1. The minimum absolute atomic E-state index is 0.0430. The summed E-state index contributed by atoms with van der Waals surface area (Å²) in [5, 5.41) is 0. The fraction of sp³-hybridized carbons (Fsp3) is 0.462. The number of nitrogens with zero attached hydrogens (tertiary/aromatic N) is 1. The van der Waals surface area contributed by atoms with E-state index in [0.29, 0.717) is 0 Å². The second kappa shape index (κ2) is 6.00. The Bertz CT molecular complexity index is 621. The highest BCUT2D eigenvalue weighted by atomic mass is 79.9. The summed E-state index contributed by atoms with van der Waals surface area (Å²) in [6, 6.07) is 5.94. The summed E-state index contributed by atoms with van der Waals surface area (Å²) in [5.41, 5.74) is 0. The third-order valence-corrected chi connectivity index (χ3v) is 5.48.